The summed E-state index contributed by atoms with van der Waals surface area (Å²) >= 11 is 4.89. The SMILES string of the molecule is O=C(O)/C=C/c1cc(F)ccc1OCc1cc(Br)cs1. The molecule has 0 amide bonds. The van der Waals surface area contributed by atoms with Crippen molar-refractivity contribution in [1.82, 2.24) is 0 Å². The molecule has 1 N–H and O–H groups in total. The van der Waals surface area contributed by atoms with E-state index in [0.717, 1.165) is 15.4 Å². The average molecular weight is 357 g/mol. The highest BCUT2D eigenvalue weighted by atomic mass is 79.9. The fourth-order valence-electron chi connectivity index (χ4n) is 1.52. The number of ether oxygens (including phenoxy) is 1. The standard InChI is InChI=1S/C14H10BrFO3S/c15-10-6-12(20-8-10)7-19-13-3-2-11(16)5-9(13)1-4-14(17)18/h1-6,8H,7H2,(H,17,18)/b4-1+. The van der Waals surface area contributed by atoms with Crippen molar-refractivity contribution in [1.29, 1.82) is 0 Å². The smallest absolute Gasteiger partial charge is 0.328 e. The highest BCUT2D eigenvalue weighted by Gasteiger charge is 2.05. The lowest BCUT2D eigenvalue weighted by atomic mass is 10.2. The molecule has 0 saturated heterocycles. The molecule has 0 aliphatic carbocycles. The van der Waals surface area contributed by atoms with Gasteiger partial charge in [0.05, 0.1) is 0 Å². The molecule has 6 heteroatoms. The van der Waals surface area contributed by atoms with Crippen molar-refractivity contribution < 1.29 is 19.0 Å². The molecule has 3 nitrogen and oxygen atoms in total. The molecule has 0 atom stereocenters. The van der Waals surface area contributed by atoms with Crippen LogP contribution < -0.4 is 4.74 Å². The summed E-state index contributed by atoms with van der Waals surface area (Å²) in [4.78, 5) is 11.5. The molecule has 1 aromatic heterocycles. The summed E-state index contributed by atoms with van der Waals surface area (Å²) in [5.41, 5.74) is 0.392. The van der Waals surface area contributed by atoms with Gasteiger partial charge in [-0.25, -0.2) is 9.18 Å². The molecule has 2 rings (SSSR count). The molecule has 0 bridgehead atoms. The largest absolute Gasteiger partial charge is 0.487 e. The minimum atomic E-state index is -1.10. The van der Waals surface area contributed by atoms with E-state index >= 15 is 0 Å². The lowest BCUT2D eigenvalue weighted by molar-refractivity contribution is -0.131. The minimum Gasteiger partial charge on any atom is -0.487 e. The molecule has 0 aliphatic heterocycles. The highest BCUT2D eigenvalue weighted by molar-refractivity contribution is 9.10. The van der Waals surface area contributed by atoms with Crippen LogP contribution in [0.25, 0.3) is 6.08 Å². The number of carbonyl (C=O) groups is 1. The van der Waals surface area contributed by atoms with Gasteiger partial charge in [-0.15, -0.1) is 11.3 Å². The van der Waals surface area contributed by atoms with Gasteiger partial charge in [-0.05, 0) is 46.3 Å². The summed E-state index contributed by atoms with van der Waals surface area (Å²) in [6.07, 6.45) is 2.26. The maximum absolute atomic E-state index is 13.2. The van der Waals surface area contributed by atoms with Crippen molar-refractivity contribution in [2.24, 2.45) is 0 Å². The number of hydrogen-bond donors (Lipinski definition) is 1. The first-order valence-corrected chi connectivity index (χ1v) is 7.28. The predicted octanol–water partition coefficient (Wildman–Crippen LogP) is 4.33. The van der Waals surface area contributed by atoms with Crippen LogP contribution in [0.15, 0.2) is 40.2 Å². The molecule has 0 spiro atoms. The summed E-state index contributed by atoms with van der Waals surface area (Å²) in [6.45, 7) is 0.343. The highest BCUT2D eigenvalue weighted by Crippen LogP contribution is 2.25. The third kappa shape index (κ3) is 4.18. The maximum Gasteiger partial charge on any atom is 0.328 e. The molecular weight excluding hydrogens is 347 g/mol. The summed E-state index contributed by atoms with van der Waals surface area (Å²) in [5, 5.41) is 10.6. The second-order valence-electron chi connectivity index (χ2n) is 3.87. The van der Waals surface area contributed by atoms with E-state index in [0.29, 0.717) is 17.9 Å². The van der Waals surface area contributed by atoms with Gasteiger partial charge < -0.3 is 9.84 Å². The second-order valence-corrected chi connectivity index (χ2v) is 5.79. The quantitative estimate of drug-likeness (QED) is 0.811. The third-order valence-electron chi connectivity index (χ3n) is 2.37. The lowest BCUT2D eigenvalue weighted by Gasteiger charge is -2.08. The molecular formula is C14H10BrFO3S. The summed E-state index contributed by atoms with van der Waals surface area (Å²) < 4.78 is 19.8. The van der Waals surface area contributed by atoms with Gasteiger partial charge in [0.15, 0.2) is 0 Å². The summed E-state index contributed by atoms with van der Waals surface area (Å²) in [6, 6.07) is 5.93. The van der Waals surface area contributed by atoms with Crippen LogP contribution in [0.1, 0.15) is 10.4 Å². The fourth-order valence-corrected chi connectivity index (χ4v) is 2.88. The molecule has 2 aromatic rings. The monoisotopic (exact) mass is 356 g/mol. The van der Waals surface area contributed by atoms with Crippen LogP contribution in [0.5, 0.6) is 5.75 Å². The van der Waals surface area contributed by atoms with Gasteiger partial charge in [-0.2, -0.15) is 0 Å². The van der Waals surface area contributed by atoms with E-state index in [1.165, 1.54) is 35.6 Å². The van der Waals surface area contributed by atoms with E-state index in [-0.39, 0.29) is 0 Å². The molecule has 1 aromatic carbocycles. The van der Waals surface area contributed by atoms with E-state index in [1.54, 1.807) is 0 Å². The van der Waals surface area contributed by atoms with Gasteiger partial charge in [-0.1, -0.05) is 0 Å². The van der Waals surface area contributed by atoms with E-state index in [1.807, 2.05) is 11.4 Å². The summed E-state index contributed by atoms with van der Waals surface area (Å²) in [7, 11) is 0. The van der Waals surface area contributed by atoms with Gasteiger partial charge in [0, 0.05) is 26.4 Å². The first-order valence-electron chi connectivity index (χ1n) is 5.61. The number of carboxylic acids is 1. The van der Waals surface area contributed by atoms with E-state index in [9.17, 15) is 9.18 Å². The van der Waals surface area contributed by atoms with Crippen molar-refractivity contribution in [2.45, 2.75) is 6.61 Å². The Bertz CT molecular complexity index is 652. The van der Waals surface area contributed by atoms with Crippen LogP contribution in [0.4, 0.5) is 4.39 Å². The zero-order valence-corrected chi connectivity index (χ0v) is 12.6. The number of carboxylic acid groups (broad SMARTS) is 1. The molecule has 0 unspecified atom stereocenters. The van der Waals surface area contributed by atoms with Gasteiger partial charge in [0.1, 0.15) is 18.2 Å². The van der Waals surface area contributed by atoms with Gasteiger partial charge in [-0.3, -0.25) is 0 Å². The second kappa shape index (κ2) is 6.67. The molecule has 20 heavy (non-hydrogen) atoms. The maximum atomic E-state index is 13.2. The molecule has 0 aliphatic rings. The van der Waals surface area contributed by atoms with Gasteiger partial charge >= 0.3 is 5.97 Å². The first-order chi connectivity index (χ1) is 9.54. The molecule has 0 radical (unpaired) electrons. The van der Waals surface area contributed by atoms with Crippen LogP contribution in [-0.2, 0) is 11.4 Å². The van der Waals surface area contributed by atoms with Crippen molar-refractivity contribution in [3.63, 3.8) is 0 Å². The number of aliphatic carboxylic acids is 1. The Hall–Kier alpha value is -1.66. The Kier molecular flexibility index (Phi) is 4.92. The minimum absolute atomic E-state index is 0.343. The Balaban J connectivity index is 2.15. The predicted molar refractivity (Wildman–Crippen MR) is 79.4 cm³/mol. The van der Waals surface area contributed by atoms with Crippen molar-refractivity contribution in [3.05, 3.63) is 56.5 Å². The van der Waals surface area contributed by atoms with E-state index in [2.05, 4.69) is 15.9 Å². The number of halogens is 2. The number of rotatable bonds is 5. The average Bonchev–Trinajstić information content (AvgIpc) is 2.81. The van der Waals surface area contributed by atoms with E-state index in [4.69, 9.17) is 9.84 Å². The van der Waals surface area contributed by atoms with Crippen LogP contribution >= 0.6 is 27.3 Å². The Labute approximate surface area is 127 Å². The number of thiophene rings is 1. The number of benzene rings is 1. The zero-order chi connectivity index (χ0) is 14.5. The summed E-state index contributed by atoms with van der Waals surface area (Å²) in [5.74, 6) is -1.10. The lowest BCUT2D eigenvalue weighted by Crippen LogP contribution is -1.96. The molecule has 104 valence electrons. The van der Waals surface area contributed by atoms with Crippen LogP contribution in [-0.4, -0.2) is 11.1 Å². The van der Waals surface area contributed by atoms with Crippen LogP contribution in [0.2, 0.25) is 0 Å². The molecule has 0 saturated carbocycles. The third-order valence-corrected chi connectivity index (χ3v) is 4.04. The van der Waals surface area contributed by atoms with Crippen LogP contribution in [0.3, 0.4) is 0 Å². The molecule has 1 heterocycles. The fraction of sp³-hybridized carbons (Fsp3) is 0.0714. The zero-order valence-electron chi connectivity index (χ0n) is 10.2. The molecule has 0 fully saturated rings. The van der Waals surface area contributed by atoms with Gasteiger partial charge in [0.25, 0.3) is 0 Å². The Morgan fingerprint density at radius 2 is 2.25 bits per heavy atom. The topological polar surface area (TPSA) is 46.5 Å². The Morgan fingerprint density at radius 3 is 2.90 bits per heavy atom. The van der Waals surface area contributed by atoms with Crippen molar-refractivity contribution in [3.8, 4) is 5.75 Å². The Morgan fingerprint density at radius 1 is 1.45 bits per heavy atom. The van der Waals surface area contributed by atoms with Crippen LogP contribution in [0, 0.1) is 5.82 Å². The van der Waals surface area contributed by atoms with E-state index < -0.39 is 11.8 Å². The van der Waals surface area contributed by atoms with Gasteiger partial charge in [0.2, 0.25) is 0 Å². The van der Waals surface area contributed by atoms with Crippen molar-refractivity contribution in [2.75, 3.05) is 0 Å². The number of hydrogen-bond acceptors (Lipinski definition) is 3. The van der Waals surface area contributed by atoms with Crippen molar-refractivity contribution >= 4 is 39.3 Å². The first kappa shape index (κ1) is 14.7. The normalized spacial score (nSPS) is 10.9.